The fourth-order valence-corrected chi connectivity index (χ4v) is 3.00. The Labute approximate surface area is 154 Å². The number of ether oxygens (including phenoxy) is 1. The van der Waals surface area contributed by atoms with Gasteiger partial charge in [-0.3, -0.25) is 9.69 Å². The number of hydrogen-bond acceptors (Lipinski definition) is 3. The van der Waals surface area contributed by atoms with Gasteiger partial charge in [0.15, 0.2) is 0 Å². The van der Waals surface area contributed by atoms with E-state index in [0.29, 0.717) is 17.2 Å². The molecule has 25 heavy (non-hydrogen) atoms. The van der Waals surface area contributed by atoms with E-state index >= 15 is 0 Å². The Morgan fingerprint density at radius 1 is 1.00 bits per heavy atom. The maximum absolute atomic E-state index is 12.5. The van der Waals surface area contributed by atoms with Crippen molar-refractivity contribution in [2.45, 2.75) is 6.92 Å². The molecule has 2 aromatic carbocycles. The monoisotopic (exact) mass is 358 g/mol. The molecule has 0 N–H and O–H groups in total. The molecular weight excluding hydrogens is 336 g/mol. The minimum absolute atomic E-state index is 0.0761. The summed E-state index contributed by atoms with van der Waals surface area (Å²) in [6.45, 7) is 6.82. The average Bonchev–Trinajstić information content (AvgIpc) is 2.64. The van der Waals surface area contributed by atoms with Gasteiger partial charge in [-0.2, -0.15) is 0 Å². The van der Waals surface area contributed by atoms with E-state index in [9.17, 15) is 4.79 Å². The maximum Gasteiger partial charge on any atom is 0.253 e. The van der Waals surface area contributed by atoms with E-state index in [1.54, 1.807) is 24.3 Å². The number of aryl methyl sites for hydroxylation is 1. The van der Waals surface area contributed by atoms with Crippen LogP contribution in [0.5, 0.6) is 5.75 Å². The number of piperazine rings is 1. The first kappa shape index (κ1) is 17.8. The first-order chi connectivity index (χ1) is 12.1. The van der Waals surface area contributed by atoms with E-state index in [1.165, 1.54) is 5.56 Å². The van der Waals surface area contributed by atoms with Crippen LogP contribution in [0.4, 0.5) is 0 Å². The van der Waals surface area contributed by atoms with Crippen molar-refractivity contribution in [1.82, 2.24) is 9.80 Å². The van der Waals surface area contributed by atoms with Crippen LogP contribution >= 0.6 is 11.6 Å². The molecular formula is C20H23ClN2O2. The molecule has 132 valence electrons. The van der Waals surface area contributed by atoms with Crippen molar-refractivity contribution in [3.05, 3.63) is 64.7 Å². The molecule has 1 amide bonds. The van der Waals surface area contributed by atoms with Crippen molar-refractivity contribution < 1.29 is 9.53 Å². The highest BCUT2D eigenvalue weighted by molar-refractivity contribution is 6.30. The molecule has 3 rings (SSSR count). The molecule has 0 unspecified atom stereocenters. The summed E-state index contributed by atoms with van der Waals surface area (Å²) in [6, 6.07) is 15.2. The first-order valence-electron chi connectivity index (χ1n) is 8.58. The van der Waals surface area contributed by atoms with E-state index in [4.69, 9.17) is 16.3 Å². The number of carbonyl (C=O) groups excluding carboxylic acids is 1. The van der Waals surface area contributed by atoms with Crippen LogP contribution in [0, 0.1) is 6.92 Å². The molecule has 1 heterocycles. The van der Waals surface area contributed by atoms with Gasteiger partial charge in [0.25, 0.3) is 5.91 Å². The van der Waals surface area contributed by atoms with Crippen LogP contribution in [0.15, 0.2) is 48.5 Å². The van der Waals surface area contributed by atoms with E-state index in [-0.39, 0.29) is 5.91 Å². The summed E-state index contributed by atoms with van der Waals surface area (Å²) in [5, 5.41) is 0.648. The van der Waals surface area contributed by atoms with Crippen LogP contribution in [-0.2, 0) is 0 Å². The van der Waals surface area contributed by atoms with Crippen LogP contribution in [0.3, 0.4) is 0 Å². The lowest BCUT2D eigenvalue weighted by Gasteiger charge is -2.34. The highest BCUT2D eigenvalue weighted by Gasteiger charge is 2.21. The van der Waals surface area contributed by atoms with Gasteiger partial charge in [-0.15, -0.1) is 0 Å². The highest BCUT2D eigenvalue weighted by atomic mass is 35.5. The standard InChI is InChI=1S/C20H23ClN2O2/c1-16-2-8-19(9-3-16)25-15-14-22-10-12-23(13-11-22)20(24)17-4-6-18(21)7-5-17/h2-9H,10-15H2,1H3. The van der Waals surface area contributed by atoms with Gasteiger partial charge in [0.2, 0.25) is 0 Å². The second kappa shape index (κ2) is 8.37. The third kappa shape index (κ3) is 4.97. The van der Waals surface area contributed by atoms with Crippen LogP contribution in [0.1, 0.15) is 15.9 Å². The topological polar surface area (TPSA) is 32.8 Å². The summed E-state index contributed by atoms with van der Waals surface area (Å²) < 4.78 is 5.78. The van der Waals surface area contributed by atoms with Gasteiger partial charge in [0, 0.05) is 43.3 Å². The van der Waals surface area contributed by atoms with Crippen molar-refractivity contribution in [3.63, 3.8) is 0 Å². The van der Waals surface area contributed by atoms with E-state index in [2.05, 4.69) is 24.0 Å². The van der Waals surface area contributed by atoms with Crippen molar-refractivity contribution in [3.8, 4) is 5.75 Å². The van der Waals surface area contributed by atoms with Crippen molar-refractivity contribution in [1.29, 1.82) is 0 Å². The molecule has 0 aromatic heterocycles. The fraction of sp³-hybridized carbons (Fsp3) is 0.350. The molecule has 0 aliphatic carbocycles. The van der Waals surface area contributed by atoms with Crippen molar-refractivity contribution in [2.24, 2.45) is 0 Å². The molecule has 0 saturated carbocycles. The average molecular weight is 359 g/mol. The fourth-order valence-electron chi connectivity index (χ4n) is 2.88. The SMILES string of the molecule is Cc1ccc(OCCN2CCN(C(=O)c3ccc(Cl)cc3)CC2)cc1. The summed E-state index contributed by atoms with van der Waals surface area (Å²) >= 11 is 5.88. The molecule has 1 aliphatic heterocycles. The Balaban J connectivity index is 1.41. The second-order valence-corrected chi connectivity index (χ2v) is 6.74. The summed E-state index contributed by atoms with van der Waals surface area (Å²) in [4.78, 5) is 16.7. The molecule has 1 aliphatic rings. The molecule has 0 spiro atoms. The summed E-state index contributed by atoms with van der Waals surface area (Å²) in [6.07, 6.45) is 0. The van der Waals surface area contributed by atoms with Gasteiger partial charge < -0.3 is 9.64 Å². The van der Waals surface area contributed by atoms with Gasteiger partial charge in [-0.1, -0.05) is 29.3 Å². The number of carbonyl (C=O) groups is 1. The predicted octanol–water partition coefficient (Wildman–Crippen LogP) is 3.49. The number of halogens is 1. The summed E-state index contributed by atoms with van der Waals surface area (Å²) in [5.41, 5.74) is 1.93. The molecule has 1 saturated heterocycles. The molecule has 0 bridgehead atoms. The molecule has 0 atom stereocenters. The normalized spacial score (nSPS) is 15.2. The zero-order chi connectivity index (χ0) is 17.6. The van der Waals surface area contributed by atoms with Crippen LogP contribution < -0.4 is 4.74 Å². The quantitative estimate of drug-likeness (QED) is 0.820. The zero-order valence-corrected chi connectivity index (χ0v) is 15.2. The predicted molar refractivity (Wildman–Crippen MR) is 100 cm³/mol. The van der Waals surface area contributed by atoms with Gasteiger partial charge >= 0.3 is 0 Å². The van der Waals surface area contributed by atoms with Gasteiger partial charge in [0.05, 0.1) is 0 Å². The lowest BCUT2D eigenvalue weighted by Crippen LogP contribution is -2.49. The summed E-state index contributed by atoms with van der Waals surface area (Å²) in [7, 11) is 0. The van der Waals surface area contributed by atoms with Gasteiger partial charge in [-0.05, 0) is 43.3 Å². The molecule has 5 heteroatoms. The van der Waals surface area contributed by atoms with Crippen LogP contribution in [-0.4, -0.2) is 55.0 Å². The minimum Gasteiger partial charge on any atom is -0.492 e. The number of amides is 1. The third-order valence-electron chi connectivity index (χ3n) is 4.45. The van der Waals surface area contributed by atoms with E-state index in [0.717, 1.165) is 38.5 Å². The molecule has 2 aromatic rings. The lowest BCUT2D eigenvalue weighted by atomic mass is 10.2. The van der Waals surface area contributed by atoms with Gasteiger partial charge in [0.1, 0.15) is 12.4 Å². The number of hydrogen-bond donors (Lipinski definition) is 0. The highest BCUT2D eigenvalue weighted by Crippen LogP contribution is 2.14. The van der Waals surface area contributed by atoms with Crippen molar-refractivity contribution in [2.75, 3.05) is 39.3 Å². The molecule has 0 radical (unpaired) electrons. The minimum atomic E-state index is 0.0761. The maximum atomic E-state index is 12.5. The Morgan fingerprint density at radius 3 is 2.28 bits per heavy atom. The Bertz CT molecular complexity index is 693. The van der Waals surface area contributed by atoms with Crippen LogP contribution in [0.2, 0.25) is 5.02 Å². The Morgan fingerprint density at radius 2 is 1.64 bits per heavy atom. The third-order valence-corrected chi connectivity index (χ3v) is 4.70. The molecule has 4 nitrogen and oxygen atoms in total. The number of nitrogens with zero attached hydrogens (tertiary/aromatic N) is 2. The molecule has 1 fully saturated rings. The largest absolute Gasteiger partial charge is 0.492 e. The van der Waals surface area contributed by atoms with E-state index in [1.807, 2.05) is 17.0 Å². The Kier molecular flexibility index (Phi) is 5.95. The van der Waals surface area contributed by atoms with Gasteiger partial charge in [-0.25, -0.2) is 0 Å². The zero-order valence-electron chi connectivity index (χ0n) is 14.5. The number of rotatable bonds is 5. The Hall–Kier alpha value is -2.04. The first-order valence-corrected chi connectivity index (χ1v) is 8.96. The van der Waals surface area contributed by atoms with E-state index < -0.39 is 0 Å². The lowest BCUT2D eigenvalue weighted by molar-refractivity contribution is 0.0620. The second-order valence-electron chi connectivity index (χ2n) is 6.30. The van der Waals surface area contributed by atoms with Crippen LogP contribution in [0.25, 0.3) is 0 Å². The number of benzene rings is 2. The van der Waals surface area contributed by atoms with Crippen molar-refractivity contribution >= 4 is 17.5 Å². The smallest absolute Gasteiger partial charge is 0.253 e. The summed E-state index contributed by atoms with van der Waals surface area (Å²) in [5.74, 6) is 0.981.